The van der Waals surface area contributed by atoms with E-state index in [9.17, 15) is 15.0 Å². The van der Waals surface area contributed by atoms with Crippen LogP contribution in [-0.4, -0.2) is 35.5 Å². The largest absolute Gasteiger partial charge is 0.469 e. The van der Waals surface area contributed by atoms with Crippen molar-refractivity contribution in [3.05, 3.63) is 12.2 Å². The number of hydrogen-bond acceptors (Lipinski definition) is 4. The molecule has 98 valence electrons. The van der Waals surface area contributed by atoms with E-state index in [0.717, 1.165) is 12.0 Å². The lowest BCUT2D eigenvalue weighted by Crippen LogP contribution is -2.34. The molecule has 1 rings (SSSR count). The summed E-state index contributed by atoms with van der Waals surface area (Å²) in [6, 6.07) is 0. The van der Waals surface area contributed by atoms with Crippen LogP contribution in [0, 0.1) is 11.8 Å². The maximum atomic E-state index is 11.0. The highest BCUT2D eigenvalue weighted by Gasteiger charge is 2.44. The second-order valence-corrected chi connectivity index (χ2v) is 5.03. The summed E-state index contributed by atoms with van der Waals surface area (Å²) in [5, 5.41) is 19.5. The van der Waals surface area contributed by atoms with Gasteiger partial charge in [0.25, 0.3) is 0 Å². The van der Waals surface area contributed by atoms with Crippen molar-refractivity contribution in [2.45, 2.75) is 38.2 Å². The molecule has 0 aromatic carbocycles. The van der Waals surface area contributed by atoms with Crippen LogP contribution in [0.4, 0.5) is 0 Å². The maximum Gasteiger partial charge on any atom is 0.305 e. The Kier molecular flexibility index (Phi) is 4.71. The van der Waals surface area contributed by atoms with Gasteiger partial charge in [-0.25, -0.2) is 0 Å². The molecule has 1 aliphatic carbocycles. The standard InChI is InChI=1S/C13H22O4/c1-9(4-5-12(15)17-3)10-6-7-13(2,16)11(10)8-14/h10-11,14,16H,1,4-8H2,2-3H3/t10-,11-,13+/m0/s1. The summed E-state index contributed by atoms with van der Waals surface area (Å²) in [4.78, 5) is 11.0. The van der Waals surface area contributed by atoms with Crippen LogP contribution < -0.4 is 0 Å². The predicted molar refractivity (Wildman–Crippen MR) is 64.3 cm³/mol. The summed E-state index contributed by atoms with van der Waals surface area (Å²) in [5.41, 5.74) is 0.0976. The molecule has 3 atom stereocenters. The van der Waals surface area contributed by atoms with Crippen molar-refractivity contribution in [3.63, 3.8) is 0 Å². The Bertz CT molecular complexity index is 296. The molecule has 1 saturated carbocycles. The zero-order valence-electron chi connectivity index (χ0n) is 10.6. The molecule has 2 N–H and O–H groups in total. The average Bonchev–Trinajstić information content (AvgIpc) is 2.60. The van der Waals surface area contributed by atoms with Crippen molar-refractivity contribution in [3.8, 4) is 0 Å². The topological polar surface area (TPSA) is 66.8 Å². The molecule has 0 spiro atoms. The van der Waals surface area contributed by atoms with Crippen LogP contribution in [0.1, 0.15) is 32.6 Å². The summed E-state index contributed by atoms with van der Waals surface area (Å²) in [6.07, 6.45) is 2.36. The highest BCUT2D eigenvalue weighted by molar-refractivity contribution is 5.69. The number of aliphatic hydroxyl groups excluding tert-OH is 1. The van der Waals surface area contributed by atoms with Crippen molar-refractivity contribution in [1.29, 1.82) is 0 Å². The number of hydrogen-bond donors (Lipinski definition) is 2. The van der Waals surface area contributed by atoms with E-state index in [0.29, 0.717) is 19.3 Å². The minimum absolute atomic E-state index is 0.0467. The predicted octanol–water partition coefficient (Wildman–Crippen LogP) is 1.27. The Morgan fingerprint density at radius 3 is 2.71 bits per heavy atom. The number of allylic oxidation sites excluding steroid dienone is 1. The van der Waals surface area contributed by atoms with E-state index in [1.165, 1.54) is 7.11 Å². The van der Waals surface area contributed by atoms with Crippen molar-refractivity contribution in [2.75, 3.05) is 13.7 Å². The van der Waals surface area contributed by atoms with Gasteiger partial charge in [0.15, 0.2) is 0 Å². The molecule has 0 heterocycles. The van der Waals surface area contributed by atoms with Gasteiger partial charge in [0.2, 0.25) is 0 Å². The molecule has 0 aromatic heterocycles. The Labute approximate surface area is 102 Å². The van der Waals surface area contributed by atoms with Gasteiger partial charge < -0.3 is 14.9 Å². The van der Waals surface area contributed by atoms with Crippen molar-refractivity contribution < 1.29 is 19.7 Å². The van der Waals surface area contributed by atoms with Crippen LogP contribution in [-0.2, 0) is 9.53 Å². The zero-order chi connectivity index (χ0) is 13.1. The van der Waals surface area contributed by atoms with E-state index in [2.05, 4.69) is 11.3 Å². The van der Waals surface area contributed by atoms with Gasteiger partial charge in [-0.1, -0.05) is 12.2 Å². The SMILES string of the molecule is C=C(CCC(=O)OC)[C@@H]1CC[C@@](C)(O)[C@H]1CO. The molecule has 1 fully saturated rings. The minimum Gasteiger partial charge on any atom is -0.469 e. The first-order valence-corrected chi connectivity index (χ1v) is 6.00. The minimum atomic E-state index is -0.826. The third-order valence-corrected chi connectivity index (χ3v) is 3.84. The fourth-order valence-electron chi connectivity index (χ4n) is 2.63. The molecule has 0 unspecified atom stereocenters. The first-order valence-electron chi connectivity index (χ1n) is 6.00. The smallest absolute Gasteiger partial charge is 0.305 e. The average molecular weight is 242 g/mol. The fourth-order valence-corrected chi connectivity index (χ4v) is 2.63. The van der Waals surface area contributed by atoms with Gasteiger partial charge >= 0.3 is 5.97 Å². The normalized spacial score (nSPS) is 32.5. The molecular weight excluding hydrogens is 220 g/mol. The summed E-state index contributed by atoms with van der Waals surface area (Å²) in [5.74, 6) is -0.330. The lowest BCUT2D eigenvalue weighted by molar-refractivity contribution is -0.140. The highest BCUT2D eigenvalue weighted by Crippen LogP contribution is 2.43. The van der Waals surface area contributed by atoms with Crippen LogP contribution in [0.5, 0.6) is 0 Å². The number of aliphatic hydroxyl groups is 2. The van der Waals surface area contributed by atoms with Crippen LogP contribution >= 0.6 is 0 Å². The first-order chi connectivity index (χ1) is 7.92. The summed E-state index contributed by atoms with van der Waals surface area (Å²) in [6.45, 7) is 5.68. The molecule has 0 radical (unpaired) electrons. The van der Waals surface area contributed by atoms with E-state index >= 15 is 0 Å². The Morgan fingerprint density at radius 2 is 2.18 bits per heavy atom. The van der Waals surface area contributed by atoms with Crippen LogP contribution in [0.25, 0.3) is 0 Å². The van der Waals surface area contributed by atoms with E-state index in [1.54, 1.807) is 6.92 Å². The number of carbonyl (C=O) groups is 1. The monoisotopic (exact) mass is 242 g/mol. The molecular formula is C13H22O4. The van der Waals surface area contributed by atoms with Gasteiger partial charge in [-0.2, -0.15) is 0 Å². The van der Waals surface area contributed by atoms with Crippen molar-refractivity contribution in [2.24, 2.45) is 11.8 Å². The van der Waals surface area contributed by atoms with Gasteiger partial charge in [-0.15, -0.1) is 0 Å². The second kappa shape index (κ2) is 5.65. The van der Waals surface area contributed by atoms with Gasteiger partial charge in [-0.05, 0) is 32.1 Å². The van der Waals surface area contributed by atoms with Crippen molar-refractivity contribution in [1.82, 2.24) is 0 Å². The second-order valence-electron chi connectivity index (χ2n) is 5.03. The maximum absolute atomic E-state index is 11.0. The molecule has 0 bridgehead atoms. The molecule has 4 nitrogen and oxygen atoms in total. The Hall–Kier alpha value is -0.870. The molecule has 0 aliphatic heterocycles. The molecule has 0 aromatic rings. The van der Waals surface area contributed by atoms with Gasteiger partial charge in [-0.3, -0.25) is 4.79 Å². The third-order valence-electron chi connectivity index (χ3n) is 3.84. The molecule has 1 aliphatic rings. The van der Waals surface area contributed by atoms with E-state index in [-0.39, 0.29) is 24.4 Å². The van der Waals surface area contributed by atoms with Gasteiger partial charge in [0, 0.05) is 18.9 Å². The summed E-state index contributed by atoms with van der Waals surface area (Å²) < 4.78 is 4.58. The number of methoxy groups -OCH3 is 1. The van der Waals surface area contributed by atoms with Crippen LogP contribution in [0.2, 0.25) is 0 Å². The highest BCUT2D eigenvalue weighted by atomic mass is 16.5. The quantitative estimate of drug-likeness (QED) is 0.562. The van der Waals surface area contributed by atoms with E-state index < -0.39 is 5.60 Å². The molecule has 0 amide bonds. The number of rotatable bonds is 5. The fraction of sp³-hybridized carbons (Fsp3) is 0.769. The molecule has 4 heteroatoms. The number of carbonyl (C=O) groups excluding carboxylic acids is 1. The number of esters is 1. The van der Waals surface area contributed by atoms with Gasteiger partial charge in [0.05, 0.1) is 12.7 Å². The Balaban J connectivity index is 2.55. The summed E-state index contributed by atoms with van der Waals surface area (Å²) >= 11 is 0. The molecule has 17 heavy (non-hydrogen) atoms. The molecule has 0 saturated heterocycles. The lowest BCUT2D eigenvalue weighted by Gasteiger charge is -2.28. The summed E-state index contributed by atoms with van der Waals surface area (Å²) in [7, 11) is 1.36. The lowest BCUT2D eigenvalue weighted by atomic mass is 9.82. The Morgan fingerprint density at radius 1 is 1.53 bits per heavy atom. The van der Waals surface area contributed by atoms with Gasteiger partial charge in [0.1, 0.15) is 0 Å². The number of ether oxygens (including phenoxy) is 1. The van der Waals surface area contributed by atoms with Crippen LogP contribution in [0.15, 0.2) is 12.2 Å². The van der Waals surface area contributed by atoms with E-state index in [4.69, 9.17) is 0 Å². The van der Waals surface area contributed by atoms with Crippen molar-refractivity contribution >= 4 is 5.97 Å². The first kappa shape index (κ1) is 14.2. The zero-order valence-corrected chi connectivity index (χ0v) is 10.6. The van der Waals surface area contributed by atoms with E-state index in [1.807, 2.05) is 0 Å². The third kappa shape index (κ3) is 3.30. The van der Waals surface area contributed by atoms with Crippen LogP contribution in [0.3, 0.4) is 0 Å².